The fourth-order valence-electron chi connectivity index (χ4n) is 1.86. The summed E-state index contributed by atoms with van der Waals surface area (Å²) >= 11 is 0. The van der Waals surface area contributed by atoms with Crippen molar-refractivity contribution in [2.45, 2.75) is 18.2 Å². The predicted molar refractivity (Wildman–Crippen MR) is 81.5 cm³/mol. The summed E-state index contributed by atoms with van der Waals surface area (Å²) in [6.45, 7) is 2.81. The Morgan fingerprint density at radius 1 is 1.19 bits per heavy atom. The molecule has 2 aromatic heterocycles. The zero-order valence-electron chi connectivity index (χ0n) is 11.8. The Bertz CT molecular complexity index is 674. The topological polar surface area (TPSA) is 84.0 Å². The molecule has 2 N–H and O–H groups in total. The number of hydrogen-bond donors (Lipinski definition) is 2. The van der Waals surface area contributed by atoms with Crippen molar-refractivity contribution in [3.8, 4) is 0 Å². The number of sulfonamides is 1. The average molecular weight is 306 g/mol. The van der Waals surface area contributed by atoms with Crippen LogP contribution in [0.1, 0.15) is 12.5 Å². The second-order valence-corrected chi connectivity index (χ2v) is 6.12. The van der Waals surface area contributed by atoms with Crippen LogP contribution in [0, 0.1) is 0 Å². The lowest BCUT2D eigenvalue weighted by Crippen LogP contribution is -2.27. The Hall–Kier alpha value is -1.99. The monoisotopic (exact) mass is 306 g/mol. The molecule has 7 heteroatoms. The summed E-state index contributed by atoms with van der Waals surface area (Å²) in [7, 11) is -3.58. The van der Waals surface area contributed by atoms with Gasteiger partial charge in [-0.05, 0) is 37.1 Å². The molecule has 2 aromatic rings. The van der Waals surface area contributed by atoms with Gasteiger partial charge in [0, 0.05) is 31.7 Å². The molecule has 0 saturated carbocycles. The minimum absolute atomic E-state index is 0.165. The van der Waals surface area contributed by atoms with Gasteiger partial charge in [0.05, 0.1) is 0 Å². The van der Waals surface area contributed by atoms with Gasteiger partial charge in [-0.1, -0.05) is 6.07 Å². The van der Waals surface area contributed by atoms with E-state index >= 15 is 0 Å². The van der Waals surface area contributed by atoms with E-state index in [4.69, 9.17) is 0 Å². The molecule has 0 amide bonds. The van der Waals surface area contributed by atoms with Gasteiger partial charge in [0.2, 0.25) is 10.0 Å². The number of aromatic nitrogens is 2. The first-order chi connectivity index (χ1) is 10.1. The van der Waals surface area contributed by atoms with Crippen LogP contribution in [0.4, 0.5) is 5.82 Å². The fraction of sp³-hybridized carbons (Fsp3) is 0.286. The number of nitrogens with one attached hydrogen (secondary N) is 2. The molecule has 0 aliphatic heterocycles. The first-order valence-electron chi connectivity index (χ1n) is 6.71. The molecule has 0 radical (unpaired) electrons. The number of nitrogens with zero attached hydrogens (tertiary/aromatic N) is 2. The smallest absolute Gasteiger partial charge is 0.244 e. The van der Waals surface area contributed by atoms with Crippen LogP contribution in [0.2, 0.25) is 0 Å². The molecule has 0 atom stereocenters. The third-order valence-corrected chi connectivity index (χ3v) is 4.33. The summed E-state index contributed by atoms with van der Waals surface area (Å²) in [6.07, 6.45) is 5.56. The van der Waals surface area contributed by atoms with Crippen LogP contribution in [0.25, 0.3) is 0 Å². The van der Waals surface area contributed by atoms with Gasteiger partial charge in [0.15, 0.2) is 0 Å². The molecular formula is C14H18N4O2S. The van der Waals surface area contributed by atoms with E-state index < -0.39 is 10.0 Å². The van der Waals surface area contributed by atoms with Crippen LogP contribution in [-0.2, 0) is 16.4 Å². The normalized spacial score (nSPS) is 11.3. The average Bonchev–Trinajstić information content (AvgIpc) is 2.49. The van der Waals surface area contributed by atoms with Crippen molar-refractivity contribution in [2.75, 3.05) is 18.4 Å². The van der Waals surface area contributed by atoms with Gasteiger partial charge in [-0.25, -0.2) is 18.1 Å². The van der Waals surface area contributed by atoms with Gasteiger partial charge in [-0.15, -0.1) is 0 Å². The lowest BCUT2D eigenvalue weighted by atomic mass is 10.2. The van der Waals surface area contributed by atoms with E-state index in [1.807, 2.05) is 19.1 Å². The van der Waals surface area contributed by atoms with Crippen LogP contribution in [0.3, 0.4) is 0 Å². The molecule has 0 spiro atoms. The van der Waals surface area contributed by atoms with Crippen molar-refractivity contribution in [1.82, 2.24) is 14.7 Å². The van der Waals surface area contributed by atoms with Crippen molar-refractivity contribution in [1.29, 1.82) is 0 Å². The predicted octanol–water partition coefficient (Wildman–Crippen LogP) is 1.43. The maximum atomic E-state index is 12.3. The summed E-state index contributed by atoms with van der Waals surface area (Å²) in [5, 5.41) is 2.95. The van der Waals surface area contributed by atoms with Crippen LogP contribution in [0.5, 0.6) is 0 Å². The molecule has 0 aliphatic rings. The summed E-state index contributed by atoms with van der Waals surface area (Å²) in [4.78, 5) is 8.22. The molecule has 6 nitrogen and oxygen atoms in total. The van der Waals surface area contributed by atoms with Crippen molar-refractivity contribution < 1.29 is 8.42 Å². The summed E-state index contributed by atoms with van der Waals surface area (Å²) in [6, 6.07) is 6.89. The molecule has 0 unspecified atom stereocenters. The maximum absolute atomic E-state index is 12.3. The Labute approximate surface area is 124 Å². The summed E-state index contributed by atoms with van der Waals surface area (Å²) in [5.41, 5.74) is 0.985. The Kier molecular flexibility index (Phi) is 5.24. The number of rotatable bonds is 7. The van der Waals surface area contributed by atoms with Gasteiger partial charge < -0.3 is 5.32 Å². The molecule has 112 valence electrons. The Morgan fingerprint density at radius 2 is 2.00 bits per heavy atom. The van der Waals surface area contributed by atoms with Gasteiger partial charge in [-0.3, -0.25) is 4.98 Å². The molecule has 2 rings (SSSR count). The second-order valence-electron chi connectivity index (χ2n) is 4.39. The third kappa shape index (κ3) is 4.24. The van der Waals surface area contributed by atoms with E-state index in [1.165, 1.54) is 6.07 Å². The minimum Gasteiger partial charge on any atom is -0.369 e. The van der Waals surface area contributed by atoms with Crippen LogP contribution >= 0.6 is 0 Å². The van der Waals surface area contributed by atoms with Crippen LogP contribution in [-0.4, -0.2) is 31.5 Å². The highest BCUT2D eigenvalue weighted by Crippen LogP contribution is 2.17. The first-order valence-corrected chi connectivity index (χ1v) is 8.19. The van der Waals surface area contributed by atoms with E-state index in [1.54, 1.807) is 24.7 Å². The zero-order chi connectivity index (χ0) is 15.1. The lowest BCUT2D eigenvalue weighted by Gasteiger charge is -2.11. The summed E-state index contributed by atoms with van der Waals surface area (Å²) < 4.78 is 27.2. The molecule has 21 heavy (non-hydrogen) atoms. The zero-order valence-corrected chi connectivity index (χ0v) is 12.6. The standard InChI is InChI=1S/C14H18N4O2S/c1-2-16-14-13(6-4-9-17-14)21(19,20)18-10-7-12-5-3-8-15-11-12/h3-6,8-9,11,18H,2,7,10H2,1H3,(H,16,17). The molecule has 0 aromatic carbocycles. The third-order valence-electron chi connectivity index (χ3n) is 2.83. The largest absolute Gasteiger partial charge is 0.369 e. The van der Waals surface area contributed by atoms with Crippen molar-refractivity contribution in [3.63, 3.8) is 0 Å². The number of hydrogen-bond acceptors (Lipinski definition) is 5. The van der Waals surface area contributed by atoms with E-state index in [0.29, 0.717) is 25.3 Å². The molecule has 0 saturated heterocycles. The lowest BCUT2D eigenvalue weighted by molar-refractivity contribution is 0.581. The van der Waals surface area contributed by atoms with Crippen molar-refractivity contribution >= 4 is 15.8 Å². The van der Waals surface area contributed by atoms with E-state index in [9.17, 15) is 8.42 Å². The van der Waals surface area contributed by atoms with Crippen molar-refractivity contribution in [2.24, 2.45) is 0 Å². The Balaban J connectivity index is 2.05. The van der Waals surface area contributed by atoms with E-state index in [0.717, 1.165) is 5.56 Å². The highest BCUT2D eigenvalue weighted by atomic mass is 32.2. The first kappa shape index (κ1) is 15.4. The van der Waals surface area contributed by atoms with E-state index in [-0.39, 0.29) is 4.90 Å². The van der Waals surface area contributed by atoms with E-state index in [2.05, 4.69) is 20.0 Å². The molecule has 2 heterocycles. The SMILES string of the molecule is CCNc1ncccc1S(=O)(=O)NCCc1cccnc1. The van der Waals surface area contributed by atoms with Gasteiger partial charge in [-0.2, -0.15) is 0 Å². The quantitative estimate of drug-likeness (QED) is 0.808. The Morgan fingerprint density at radius 3 is 2.71 bits per heavy atom. The van der Waals surface area contributed by atoms with Gasteiger partial charge in [0.25, 0.3) is 0 Å². The highest BCUT2D eigenvalue weighted by Gasteiger charge is 2.18. The minimum atomic E-state index is -3.58. The molecular weight excluding hydrogens is 288 g/mol. The van der Waals surface area contributed by atoms with Crippen LogP contribution < -0.4 is 10.0 Å². The highest BCUT2D eigenvalue weighted by molar-refractivity contribution is 7.89. The summed E-state index contributed by atoms with van der Waals surface area (Å²) in [5.74, 6) is 0.369. The second kappa shape index (κ2) is 7.14. The van der Waals surface area contributed by atoms with Crippen LogP contribution in [0.15, 0.2) is 47.8 Å². The number of pyridine rings is 2. The van der Waals surface area contributed by atoms with Gasteiger partial charge in [0.1, 0.15) is 10.7 Å². The molecule has 0 fully saturated rings. The maximum Gasteiger partial charge on any atom is 0.244 e. The molecule has 0 aliphatic carbocycles. The number of anilines is 1. The van der Waals surface area contributed by atoms with Gasteiger partial charge >= 0.3 is 0 Å². The fourth-order valence-corrected chi connectivity index (χ4v) is 3.02. The van der Waals surface area contributed by atoms with Crippen molar-refractivity contribution in [3.05, 3.63) is 48.4 Å². The molecule has 0 bridgehead atoms.